The van der Waals surface area contributed by atoms with E-state index in [9.17, 15) is 13.5 Å². The van der Waals surface area contributed by atoms with Gasteiger partial charge in [-0.2, -0.15) is 8.42 Å². The van der Waals surface area contributed by atoms with E-state index in [1.807, 2.05) is 6.92 Å². The molecule has 0 aliphatic heterocycles. The number of hydrogen-bond acceptors (Lipinski definition) is 3. The quantitative estimate of drug-likeness (QED) is 0.445. The fourth-order valence-corrected chi connectivity index (χ4v) is 2.32. The normalized spacial score (nSPS) is 13.8. The summed E-state index contributed by atoms with van der Waals surface area (Å²) in [6.07, 6.45) is 8.45. The van der Waals surface area contributed by atoms with Gasteiger partial charge in [-0.25, -0.2) is 0 Å². The number of hydrogen-bond donors (Lipinski definition) is 2. The minimum absolute atomic E-state index is 0.115. The zero-order valence-corrected chi connectivity index (χ0v) is 11.6. The first-order chi connectivity index (χ1) is 7.95. The van der Waals surface area contributed by atoms with Crippen LogP contribution >= 0.6 is 0 Å². The van der Waals surface area contributed by atoms with E-state index >= 15 is 0 Å². The summed E-state index contributed by atoms with van der Waals surface area (Å²) in [6, 6.07) is 0. The Morgan fingerprint density at radius 2 is 1.41 bits per heavy atom. The Kier molecular flexibility index (Phi) is 9.78. The van der Waals surface area contributed by atoms with Gasteiger partial charge in [0.2, 0.25) is 0 Å². The lowest BCUT2D eigenvalue weighted by molar-refractivity contribution is 0.156. The topological polar surface area (TPSA) is 74.6 Å². The Morgan fingerprint density at radius 3 is 1.88 bits per heavy atom. The first-order valence-electron chi connectivity index (χ1n) is 6.59. The van der Waals surface area contributed by atoms with Crippen LogP contribution in [0.1, 0.15) is 64.7 Å². The van der Waals surface area contributed by atoms with Crippen molar-refractivity contribution in [2.45, 2.75) is 70.8 Å². The van der Waals surface area contributed by atoms with Gasteiger partial charge >= 0.3 is 0 Å². The molecule has 1 unspecified atom stereocenters. The Balaban J connectivity index is 3.14. The molecule has 0 rings (SSSR count). The molecule has 5 heteroatoms. The molecule has 0 aromatic rings. The van der Waals surface area contributed by atoms with Gasteiger partial charge in [-0.1, -0.05) is 45.4 Å². The average Bonchev–Trinajstić information content (AvgIpc) is 2.25. The molecule has 0 fully saturated rings. The fraction of sp³-hybridized carbons (Fsp3) is 1.00. The van der Waals surface area contributed by atoms with Crippen molar-refractivity contribution in [3.8, 4) is 0 Å². The van der Waals surface area contributed by atoms with Crippen LogP contribution in [0.2, 0.25) is 0 Å². The molecule has 0 radical (unpaired) electrons. The predicted molar refractivity (Wildman–Crippen MR) is 69.6 cm³/mol. The van der Waals surface area contributed by atoms with Crippen LogP contribution in [0.25, 0.3) is 0 Å². The molecule has 0 amide bonds. The predicted octanol–water partition coefficient (Wildman–Crippen LogP) is 2.77. The van der Waals surface area contributed by atoms with E-state index in [0.29, 0.717) is 6.42 Å². The van der Waals surface area contributed by atoms with Crippen LogP contribution in [0.15, 0.2) is 0 Å². The molecular weight excluding hydrogens is 240 g/mol. The second kappa shape index (κ2) is 9.85. The summed E-state index contributed by atoms with van der Waals surface area (Å²) in [5.74, 6) is -0.115. The Bertz CT molecular complexity index is 262. The molecule has 0 aliphatic carbocycles. The SMILES string of the molecule is CCC(O)CCCCCCCCCS(=O)(=O)O. The minimum Gasteiger partial charge on any atom is -0.393 e. The molecule has 0 spiro atoms. The number of rotatable bonds is 11. The van der Waals surface area contributed by atoms with Crippen LogP contribution in [0.5, 0.6) is 0 Å². The van der Waals surface area contributed by atoms with Crippen molar-refractivity contribution in [3.05, 3.63) is 0 Å². The lowest BCUT2D eigenvalue weighted by Gasteiger charge is -2.06. The lowest BCUT2D eigenvalue weighted by atomic mass is 10.1. The van der Waals surface area contributed by atoms with Crippen LogP contribution in [-0.4, -0.2) is 29.9 Å². The molecule has 4 nitrogen and oxygen atoms in total. The summed E-state index contributed by atoms with van der Waals surface area (Å²) < 4.78 is 29.4. The molecule has 17 heavy (non-hydrogen) atoms. The van der Waals surface area contributed by atoms with Crippen LogP contribution in [0.4, 0.5) is 0 Å². The molecule has 0 saturated carbocycles. The standard InChI is InChI=1S/C12H26O4S/c1-2-12(13)10-8-6-4-3-5-7-9-11-17(14,15)16/h12-13H,2-11H2,1H3,(H,14,15,16). The molecule has 104 valence electrons. The second-order valence-electron chi connectivity index (χ2n) is 4.61. The van der Waals surface area contributed by atoms with Crippen molar-refractivity contribution in [2.75, 3.05) is 5.75 Å². The molecule has 0 aliphatic rings. The highest BCUT2D eigenvalue weighted by molar-refractivity contribution is 7.85. The number of aliphatic hydroxyl groups excluding tert-OH is 1. The van der Waals surface area contributed by atoms with Gasteiger partial charge in [0.1, 0.15) is 0 Å². The van der Waals surface area contributed by atoms with E-state index in [4.69, 9.17) is 4.55 Å². The second-order valence-corrected chi connectivity index (χ2v) is 6.18. The van der Waals surface area contributed by atoms with Crippen LogP contribution in [0.3, 0.4) is 0 Å². The third-order valence-electron chi connectivity index (χ3n) is 2.91. The Labute approximate surface area is 105 Å². The lowest BCUT2D eigenvalue weighted by Crippen LogP contribution is -2.03. The summed E-state index contributed by atoms with van der Waals surface area (Å²) in [5, 5.41) is 9.33. The van der Waals surface area contributed by atoms with Crippen molar-refractivity contribution >= 4 is 10.1 Å². The van der Waals surface area contributed by atoms with Crippen LogP contribution in [0, 0.1) is 0 Å². The van der Waals surface area contributed by atoms with Gasteiger partial charge < -0.3 is 5.11 Å². The maximum atomic E-state index is 10.4. The van der Waals surface area contributed by atoms with E-state index in [-0.39, 0.29) is 11.9 Å². The van der Waals surface area contributed by atoms with Crippen LogP contribution in [-0.2, 0) is 10.1 Å². The molecule has 1 atom stereocenters. The molecule has 0 bridgehead atoms. The summed E-state index contributed by atoms with van der Waals surface area (Å²) in [4.78, 5) is 0. The van der Waals surface area contributed by atoms with Gasteiger partial charge in [0.25, 0.3) is 10.1 Å². The van der Waals surface area contributed by atoms with Crippen molar-refractivity contribution in [2.24, 2.45) is 0 Å². The molecule has 2 N–H and O–H groups in total. The number of unbranched alkanes of at least 4 members (excludes halogenated alkanes) is 6. The van der Waals surface area contributed by atoms with E-state index < -0.39 is 10.1 Å². The highest BCUT2D eigenvalue weighted by atomic mass is 32.2. The van der Waals surface area contributed by atoms with Crippen molar-refractivity contribution in [1.29, 1.82) is 0 Å². The Morgan fingerprint density at radius 1 is 0.941 bits per heavy atom. The zero-order chi connectivity index (χ0) is 13.1. The third kappa shape index (κ3) is 13.8. The van der Waals surface area contributed by atoms with E-state index in [2.05, 4.69) is 0 Å². The van der Waals surface area contributed by atoms with E-state index in [1.54, 1.807) is 0 Å². The van der Waals surface area contributed by atoms with Gasteiger partial charge in [0, 0.05) is 0 Å². The fourth-order valence-electron chi connectivity index (χ4n) is 1.75. The highest BCUT2D eigenvalue weighted by Crippen LogP contribution is 2.11. The van der Waals surface area contributed by atoms with Crippen molar-refractivity contribution in [3.63, 3.8) is 0 Å². The first-order valence-corrected chi connectivity index (χ1v) is 8.20. The smallest absolute Gasteiger partial charge is 0.264 e. The maximum absolute atomic E-state index is 10.4. The monoisotopic (exact) mass is 266 g/mol. The van der Waals surface area contributed by atoms with Gasteiger partial charge in [-0.3, -0.25) is 4.55 Å². The van der Waals surface area contributed by atoms with Crippen molar-refractivity contribution in [1.82, 2.24) is 0 Å². The van der Waals surface area contributed by atoms with Crippen molar-refractivity contribution < 1.29 is 18.1 Å². The summed E-state index contributed by atoms with van der Waals surface area (Å²) in [5.41, 5.74) is 0. The van der Waals surface area contributed by atoms with E-state index in [1.165, 1.54) is 0 Å². The van der Waals surface area contributed by atoms with Crippen LogP contribution < -0.4 is 0 Å². The average molecular weight is 266 g/mol. The minimum atomic E-state index is -3.77. The van der Waals surface area contributed by atoms with E-state index in [0.717, 1.165) is 51.4 Å². The van der Waals surface area contributed by atoms with Gasteiger partial charge in [0.15, 0.2) is 0 Å². The third-order valence-corrected chi connectivity index (χ3v) is 3.72. The molecule has 0 heterocycles. The Hall–Kier alpha value is -0.130. The molecule has 0 aromatic carbocycles. The first kappa shape index (κ1) is 16.9. The molecule has 0 saturated heterocycles. The van der Waals surface area contributed by atoms with Gasteiger partial charge in [-0.15, -0.1) is 0 Å². The zero-order valence-electron chi connectivity index (χ0n) is 10.8. The maximum Gasteiger partial charge on any atom is 0.264 e. The highest BCUT2D eigenvalue weighted by Gasteiger charge is 2.03. The van der Waals surface area contributed by atoms with Gasteiger partial charge in [-0.05, 0) is 19.3 Å². The molecular formula is C12H26O4S. The summed E-state index contributed by atoms with van der Waals surface area (Å²) >= 11 is 0. The summed E-state index contributed by atoms with van der Waals surface area (Å²) in [7, 11) is -3.77. The largest absolute Gasteiger partial charge is 0.393 e. The molecule has 0 aromatic heterocycles. The summed E-state index contributed by atoms with van der Waals surface area (Å²) in [6.45, 7) is 1.99. The number of aliphatic hydroxyl groups is 1. The van der Waals surface area contributed by atoms with Gasteiger partial charge in [0.05, 0.1) is 11.9 Å².